The van der Waals surface area contributed by atoms with Crippen LogP contribution in [0.2, 0.25) is 0 Å². The maximum absolute atomic E-state index is 12.7. The van der Waals surface area contributed by atoms with Crippen molar-refractivity contribution in [2.24, 2.45) is 7.05 Å². The molecule has 32 heavy (non-hydrogen) atoms. The van der Waals surface area contributed by atoms with Crippen molar-refractivity contribution >= 4 is 15.8 Å². The van der Waals surface area contributed by atoms with Gasteiger partial charge in [0.1, 0.15) is 12.3 Å². The van der Waals surface area contributed by atoms with E-state index < -0.39 is 22.7 Å². The fraction of sp³-hybridized carbons (Fsp3) is 0.273. The molecule has 6 nitrogen and oxygen atoms in total. The average molecular weight is 465 g/mol. The van der Waals surface area contributed by atoms with Crippen molar-refractivity contribution < 1.29 is 26.4 Å². The van der Waals surface area contributed by atoms with Crippen LogP contribution in [0.15, 0.2) is 59.5 Å². The first-order valence-electron chi connectivity index (χ1n) is 9.70. The number of nitrogens with one attached hydrogen (secondary N) is 1. The number of ketones is 1. The van der Waals surface area contributed by atoms with E-state index in [2.05, 4.69) is 5.10 Å². The fourth-order valence-electron chi connectivity index (χ4n) is 3.24. The molecule has 1 aromatic heterocycles. The summed E-state index contributed by atoms with van der Waals surface area (Å²) < 4.78 is 65.5. The van der Waals surface area contributed by atoms with Gasteiger partial charge in [0, 0.05) is 19.2 Å². The molecule has 0 saturated carbocycles. The normalized spacial score (nSPS) is 12.2. The predicted octanol–water partition coefficient (Wildman–Crippen LogP) is 3.59. The first-order valence-corrected chi connectivity index (χ1v) is 11.2. The van der Waals surface area contributed by atoms with Crippen molar-refractivity contribution in [3.63, 3.8) is 0 Å². The van der Waals surface area contributed by atoms with E-state index in [0.717, 1.165) is 11.3 Å². The van der Waals surface area contributed by atoms with Crippen LogP contribution in [0, 0.1) is 6.92 Å². The first-order chi connectivity index (χ1) is 14.9. The zero-order chi connectivity index (χ0) is 23.5. The van der Waals surface area contributed by atoms with Gasteiger partial charge in [0.15, 0.2) is 0 Å². The standard InChI is InChI=1S/C22H22F3N3O3S/c1-15-10-18(27-28(15)2)13-19(29)11-17-12-20(32(30,31)26-14-22(23,24)25)8-9-21(17)16-6-4-3-5-7-16/h3-10,12,26H,11,13-14H2,1-2H3. The zero-order valence-corrected chi connectivity index (χ0v) is 18.3. The minimum atomic E-state index is -4.68. The van der Waals surface area contributed by atoms with E-state index in [1.807, 2.05) is 25.1 Å². The second-order valence-corrected chi connectivity index (χ2v) is 9.18. The highest BCUT2D eigenvalue weighted by molar-refractivity contribution is 7.89. The molecule has 0 bridgehead atoms. The number of carbonyl (C=O) groups excluding carboxylic acids is 1. The summed E-state index contributed by atoms with van der Waals surface area (Å²) in [5, 5.41) is 4.26. The number of aryl methyl sites for hydroxylation is 2. The van der Waals surface area contributed by atoms with Gasteiger partial charge in [-0.25, -0.2) is 13.1 Å². The third-order valence-corrected chi connectivity index (χ3v) is 6.26. The Labute approximate surface area is 184 Å². The fourth-order valence-corrected chi connectivity index (χ4v) is 4.31. The van der Waals surface area contributed by atoms with Crippen LogP contribution in [-0.4, -0.2) is 36.7 Å². The van der Waals surface area contributed by atoms with Gasteiger partial charge < -0.3 is 0 Å². The van der Waals surface area contributed by atoms with E-state index in [-0.39, 0.29) is 23.5 Å². The van der Waals surface area contributed by atoms with Gasteiger partial charge >= 0.3 is 6.18 Å². The molecule has 0 unspecified atom stereocenters. The summed E-state index contributed by atoms with van der Waals surface area (Å²) in [6.07, 6.45) is -4.72. The molecule has 0 atom stereocenters. The summed E-state index contributed by atoms with van der Waals surface area (Å²) >= 11 is 0. The molecule has 0 amide bonds. The van der Waals surface area contributed by atoms with Crippen molar-refractivity contribution in [3.05, 3.63) is 71.5 Å². The van der Waals surface area contributed by atoms with E-state index in [9.17, 15) is 26.4 Å². The monoisotopic (exact) mass is 465 g/mol. The lowest BCUT2D eigenvalue weighted by atomic mass is 9.95. The molecule has 2 aromatic carbocycles. The minimum absolute atomic E-state index is 0.0548. The number of rotatable bonds is 8. The van der Waals surface area contributed by atoms with Gasteiger partial charge in [0.2, 0.25) is 10.0 Å². The van der Waals surface area contributed by atoms with Crippen LogP contribution in [0.1, 0.15) is 17.0 Å². The highest BCUT2D eigenvalue weighted by atomic mass is 32.2. The highest BCUT2D eigenvalue weighted by Gasteiger charge is 2.30. The molecule has 1 heterocycles. The number of alkyl halides is 3. The molecular formula is C22H22F3N3O3S. The van der Waals surface area contributed by atoms with Crippen LogP contribution in [-0.2, 0) is 34.7 Å². The Bertz CT molecular complexity index is 1200. The Morgan fingerprint density at radius 2 is 1.75 bits per heavy atom. The molecule has 0 spiro atoms. The van der Waals surface area contributed by atoms with Gasteiger partial charge in [-0.1, -0.05) is 36.4 Å². The van der Waals surface area contributed by atoms with Crippen LogP contribution >= 0.6 is 0 Å². The van der Waals surface area contributed by atoms with Gasteiger partial charge in [-0.15, -0.1) is 0 Å². The number of halogens is 3. The van der Waals surface area contributed by atoms with Gasteiger partial charge in [-0.05, 0) is 41.8 Å². The lowest BCUT2D eigenvalue weighted by molar-refractivity contribution is -0.121. The summed E-state index contributed by atoms with van der Waals surface area (Å²) in [5.41, 5.74) is 3.28. The number of hydrogen-bond donors (Lipinski definition) is 1. The number of carbonyl (C=O) groups is 1. The predicted molar refractivity (Wildman–Crippen MR) is 113 cm³/mol. The van der Waals surface area contributed by atoms with Gasteiger partial charge in [0.05, 0.1) is 17.0 Å². The van der Waals surface area contributed by atoms with Crippen molar-refractivity contribution in [2.45, 2.75) is 30.8 Å². The number of nitrogens with zero attached hydrogens (tertiary/aromatic N) is 2. The molecule has 0 radical (unpaired) electrons. The second-order valence-electron chi connectivity index (χ2n) is 7.42. The maximum atomic E-state index is 12.7. The highest BCUT2D eigenvalue weighted by Crippen LogP contribution is 2.27. The minimum Gasteiger partial charge on any atom is -0.299 e. The topological polar surface area (TPSA) is 81.1 Å². The molecule has 0 saturated heterocycles. The van der Waals surface area contributed by atoms with E-state index in [4.69, 9.17) is 0 Å². The molecule has 3 aromatic rings. The lowest BCUT2D eigenvalue weighted by Crippen LogP contribution is -2.33. The molecule has 3 rings (SSSR count). The van der Waals surface area contributed by atoms with E-state index in [0.29, 0.717) is 16.8 Å². The summed E-state index contributed by atoms with van der Waals surface area (Å²) in [6.45, 7) is 0.180. The number of sulfonamides is 1. The lowest BCUT2D eigenvalue weighted by Gasteiger charge is -2.14. The van der Waals surface area contributed by atoms with Crippen molar-refractivity contribution in [1.82, 2.24) is 14.5 Å². The molecule has 0 aliphatic rings. The van der Waals surface area contributed by atoms with Crippen LogP contribution in [0.5, 0.6) is 0 Å². The molecule has 0 aliphatic carbocycles. The van der Waals surface area contributed by atoms with Crippen LogP contribution in [0.25, 0.3) is 11.1 Å². The van der Waals surface area contributed by atoms with Crippen LogP contribution < -0.4 is 4.72 Å². The number of benzene rings is 2. The smallest absolute Gasteiger partial charge is 0.299 e. The summed E-state index contributed by atoms with van der Waals surface area (Å²) in [7, 11) is -2.65. The maximum Gasteiger partial charge on any atom is 0.402 e. The Hall–Kier alpha value is -2.98. The van der Waals surface area contributed by atoms with Gasteiger partial charge in [-0.2, -0.15) is 18.3 Å². The van der Waals surface area contributed by atoms with E-state index in [1.165, 1.54) is 18.2 Å². The zero-order valence-electron chi connectivity index (χ0n) is 17.5. The second kappa shape index (κ2) is 9.25. The molecule has 1 N–H and O–H groups in total. The Balaban J connectivity index is 1.93. The molecule has 10 heteroatoms. The van der Waals surface area contributed by atoms with Gasteiger partial charge in [0.25, 0.3) is 0 Å². The molecule has 0 fully saturated rings. The third-order valence-electron chi connectivity index (χ3n) is 4.86. The SMILES string of the molecule is Cc1cc(CC(=O)Cc2cc(S(=O)(=O)NCC(F)(F)F)ccc2-c2ccccc2)nn1C. The Kier molecular flexibility index (Phi) is 6.85. The largest absolute Gasteiger partial charge is 0.402 e. The third kappa shape index (κ3) is 6.04. The van der Waals surface area contributed by atoms with Crippen LogP contribution in [0.4, 0.5) is 13.2 Å². The Morgan fingerprint density at radius 1 is 1.06 bits per heavy atom. The molecular weight excluding hydrogens is 443 g/mol. The van der Waals surface area contributed by atoms with Crippen LogP contribution in [0.3, 0.4) is 0 Å². The Morgan fingerprint density at radius 3 is 2.34 bits per heavy atom. The summed E-state index contributed by atoms with van der Waals surface area (Å²) in [4.78, 5) is 12.4. The number of hydrogen-bond acceptors (Lipinski definition) is 4. The van der Waals surface area contributed by atoms with E-state index in [1.54, 1.807) is 34.7 Å². The number of Topliss-reactive ketones (excluding diaryl/α,β-unsaturated/α-hetero) is 1. The van der Waals surface area contributed by atoms with E-state index >= 15 is 0 Å². The molecule has 170 valence electrons. The van der Waals surface area contributed by atoms with Crippen molar-refractivity contribution in [1.29, 1.82) is 0 Å². The summed E-state index contributed by atoms with van der Waals surface area (Å²) in [5.74, 6) is -0.196. The number of aromatic nitrogens is 2. The quantitative estimate of drug-likeness (QED) is 0.551. The first kappa shape index (κ1) is 23.7. The van der Waals surface area contributed by atoms with Crippen molar-refractivity contribution in [3.8, 4) is 11.1 Å². The average Bonchev–Trinajstić information content (AvgIpc) is 3.03. The molecule has 0 aliphatic heterocycles. The summed E-state index contributed by atoms with van der Waals surface area (Å²) in [6, 6.07) is 14.8. The van der Waals surface area contributed by atoms with Gasteiger partial charge in [-0.3, -0.25) is 9.48 Å². The van der Waals surface area contributed by atoms with Crippen molar-refractivity contribution in [2.75, 3.05) is 6.54 Å².